The zero-order valence-corrected chi connectivity index (χ0v) is 35.2. The van der Waals surface area contributed by atoms with Crippen molar-refractivity contribution in [1.82, 2.24) is 9.80 Å². The quantitative estimate of drug-likeness (QED) is 0.218. The molecule has 0 bridgehead atoms. The molecular formula is C38H76N2O14. The largest absolute Gasteiger partial charge is 0.459 e. The summed E-state index contributed by atoms with van der Waals surface area (Å²) in [5.74, 6) is -2.58. The molecular weight excluding hydrogens is 708 g/mol. The Balaban J connectivity index is 0.00000729. The van der Waals surface area contributed by atoms with Crippen molar-refractivity contribution in [1.29, 1.82) is 0 Å². The second-order valence-electron chi connectivity index (χ2n) is 17.2. The number of carbonyl (C=O) groups excluding carboxylic acids is 1. The van der Waals surface area contributed by atoms with E-state index < -0.39 is 96.0 Å². The number of aliphatic hydroxyl groups excluding tert-OH is 3. The second-order valence-corrected chi connectivity index (χ2v) is 17.2. The Kier molecular flexibility index (Phi) is 18.9. The van der Waals surface area contributed by atoms with Crippen LogP contribution in [0.15, 0.2) is 0 Å². The third-order valence-corrected chi connectivity index (χ3v) is 12.2. The van der Waals surface area contributed by atoms with E-state index in [0.717, 1.165) is 0 Å². The van der Waals surface area contributed by atoms with Crippen LogP contribution in [-0.2, 0) is 33.2 Å². The molecule has 3 rings (SSSR count). The summed E-state index contributed by atoms with van der Waals surface area (Å²) < 4.78 is 37.5. The second kappa shape index (κ2) is 20.1. The number of methoxy groups -OCH3 is 1. The van der Waals surface area contributed by atoms with E-state index in [-0.39, 0.29) is 48.3 Å². The van der Waals surface area contributed by atoms with E-state index in [1.165, 1.54) is 14.0 Å². The summed E-state index contributed by atoms with van der Waals surface area (Å²) in [4.78, 5) is 18.0. The van der Waals surface area contributed by atoms with Gasteiger partial charge in [0, 0.05) is 38.1 Å². The number of hydrogen-bond donors (Lipinski definition) is 5. The van der Waals surface area contributed by atoms with Crippen molar-refractivity contribution in [3.63, 3.8) is 0 Å². The number of ether oxygens (including phenoxy) is 6. The lowest BCUT2D eigenvalue weighted by Crippen LogP contribution is -2.60. The maximum atomic E-state index is 14.2. The van der Waals surface area contributed by atoms with Crippen LogP contribution in [0.25, 0.3) is 0 Å². The lowest BCUT2D eigenvalue weighted by Gasteiger charge is -2.48. The van der Waals surface area contributed by atoms with Gasteiger partial charge in [0.1, 0.15) is 30.0 Å². The van der Waals surface area contributed by atoms with Crippen LogP contribution >= 0.6 is 0 Å². The lowest BCUT2D eigenvalue weighted by molar-refractivity contribution is -0.318. The topological polar surface area (TPSA) is 243 Å². The van der Waals surface area contributed by atoms with Gasteiger partial charge in [-0.3, -0.25) is 4.79 Å². The maximum absolute atomic E-state index is 14.2. The standard InChI is InChI=1S/C38H72N2O12.2H2O/c1-15-27-38(10,46)31(42)24(6)40(13)19-20(2)17-36(8,45)33(52-35-29(41)26(39(11)12)16-21(3)48-35)22(4)30(23(5)34(44)50-27)51-28-18-37(9,47-14)32(43)25(7)49-28;;/h20-33,35,41-43,45-46H,15-19H2,1-14H3;2*1H2/t20-,21-,22?,23-,24-,25+,26+,27+,28+,29-,30+,31-,32+,33-,35+,36-,37-,38-;;/m1../s1. The number of likely N-dealkylation sites (N-methyl/N-ethyl adjacent to an activating group) is 2. The van der Waals surface area contributed by atoms with E-state index in [0.29, 0.717) is 13.0 Å². The number of hydrogen-bond acceptors (Lipinski definition) is 14. The Hall–Kier alpha value is -1.09. The molecule has 3 aliphatic rings. The first-order valence-corrected chi connectivity index (χ1v) is 19.1. The first-order chi connectivity index (χ1) is 23.9. The molecule has 0 spiro atoms. The highest BCUT2D eigenvalue weighted by Gasteiger charge is 2.52. The molecule has 1 unspecified atom stereocenters. The van der Waals surface area contributed by atoms with E-state index in [1.807, 2.05) is 51.7 Å². The number of rotatable bonds is 7. The van der Waals surface area contributed by atoms with Gasteiger partial charge >= 0.3 is 5.97 Å². The molecule has 0 saturated carbocycles. The molecule has 3 heterocycles. The fraction of sp³-hybridized carbons (Fsp3) is 0.974. The lowest BCUT2D eigenvalue weighted by atomic mass is 9.77. The summed E-state index contributed by atoms with van der Waals surface area (Å²) in [6.07, 6.45) is -8.19. The minimum absolute atomic E-state index is 0. The minimum Gasteiger partial charge on any atom is -0.459 e. The van der Waals surface area contributed by atoms with Crippen molar-refractivity contribution < 1.29 is 69.7 Å². The van der Waals surface area contributed by atoms with E-state index in [4.69, 9.17) is 28.4 Å². The zero-order chi connectivity index (χ0) is 39.7. The highest BCUT2D eigenvalue weighted by atomic mass is 16.7. The van der Waals surface area contributed by atoms with Crippen LogP contribution in [0.2, 0.25) is 0 Å². The van der Waals surface area contributed by atoms with Crippen LogP contribution in [0.4, 0.5) is 0 Å². The van der Waals surface area contributed by atoms with Crippen molar-refractivity contribution in [2.24, 2.45) is 17.8 Å². The average molecular weight is 785 g/mol. The van der Waals surface area contributed by atoms with Crippen LogP contribution in [0.3, 0.4) is 0 Å². The molecule has 18 atom stereocenters. The number of aliphatic hydroxyl groups is 5. The van der Waals surface area contributed by atoms with Crippen LogP contribution in [-0.4, -0.2) is 177 Å². The third-order valence-electron chi connectivity index (χ3n) is 12.2. The van der Waals surface area contributed by atoms with Crippen molar-refractivity contribution in [2.75, 3.05) is 34.8 Å². The van der Waals surface area contributed by atoms with Gasteiger partial charge in [0.15, 0.2) is 12.6 Å². The monoisotopic (exact) mass is 785 g/mol. The number of nitrogens with zero attached hydrogens (tertiary/aromatic N) is 2. The van der Waals surface area contributed by atoms with Gasteiger partial charge < -0.3 is 74.7 Å². The highest BCUT2D eigenvalue weighted by molar-refractivity contribution is 5.73. The summed E-state index contributed by atoms with van der Waals surface area (Å²) in [6.45, 7) is 18.0. The highest BCUT2D eigenvalue weighted by Crippen LogP contribution is 2.40. The van der Waals surface area contributed by atoms with Gasteiger partial charge in [0.05, 0.1) is 41.5 Å². The number of carbonyl (C=O) groups is 1. The Morgan fingerprint density at radius 3 is 2.06 bits per heavy atom. The third kappa shape index (κ3) is 11.3. The molecule has 0 radical (unpaired) electrons. The van der Waals surface area contributed by atoms with E-state index >= 15 is 0 Å². The Bertz CT molecular complexity index is 1150. The first-order valence-electron chi connectivity index (χ1n) is 19.1. The van der Waals surface area contributed by atoms with Crippen LogP contribution in [0.5, 0.6) is 0 Å². The normalized spacial score (nSPS) is 47.8. The van der Waals surface area contributed by atoms with Crippen molar-refractivity contribution in [3.05, 3.63) is 0 Å². The van der Waals surface area contributed by atoms with Crippen molar-refractivity contribution in [3.8, 4) is 0 Å². The molecule has 322 valence electrons. The summed E-state index contributed by atoms with van der Waals surface area (Å²) >= 11 is 0. The van der Waals surface area contributed by atoms with E-state index in [1.54, 1.807) is 41.5 Å². The Labute approximate surface area is 323 Å². The smallest absolute Gasteiger partial charge is 0.311 e. The first kappa shape index (κ1) is 50.9. The molecule has 0 aromatic heterocycles. The van der Waals surface area contributed by atoms with Gasteiger partial charge in [-0.05, 0) is 94.8 Å². The maximum Gasteiger partial charge on any atom is 0.311 e. The molecule has 0 aliphatic carbocycles. The number of cyclic esters (lactones) is 1. The van der Waals surface area contributed by atoms with Gasteiger partial charge in [-0.15, -0.1) is 0 Å². The van der Waals surface area contributed by atoms with Gasteiger partial charge in [0.25, 0.3) is 0 Å². The Morgan fingerprint density at radius 1 is 0.926 bits per heavy atom. The predicted octanol–water partition coefficient (Wildman–Crippen LogP) is 0.251. The molecule has 0 aromatic rings. The SMILES string of the molecule is CC[C@@H]1OC(=O)[C@H](C)[C@@H](O[C@H]2C[C@@](C)(OC)[C@@H](O)[C@H](C)O2)C(C)[C@@H](O[C@@H]2O[C@H](C)C[C@H](N(C)C)[C@H]2O)[C@](C)(O)C[C@@H](C)CN(C)[C@H](C)[C@@H](O)[C@]1(C)O.O.O. The van der Waals surface area contributed by atoms with Gasteiger partial charge in [0.2, 0.25) is 0 Å². The fourth-order valence-corrected chi connectivity index (χ4v) is 8.74. The molecule has 3 saturated heterocycles. The number of esters is 1. The van der Waals surface area contributed by atoms with Crippen LogP contribution in [0.1, 0.15) is 94.9 Å². The van der Waals surface area contributed by atoms with Gasteiger partial charge in [-0.25, -0.2) is 0 Å². The van der Waals surface area contributed by atoms with Crippen LogP contribution < -0.4 is 0 Å². The minimum atomic E-state index is -1.80. The van der Waals surface area contributed by atoms with E-state index in [2.05, 4.69) is 0 Å². The molecule has 3 aliphatic heterocycles. The molecule has 16 heteroatoms. The van der Waals surface area contributed by atoms with Gasteiger partial charge in [-0.2, -0.15) is 0 Å². The molecule has 54 heavy (non-hydrogen) atoms. The van der Waals surface area contributed by atoms with Gasteiger partial charge in [-0.1, -0.05) is 20.8 Å². The van der Waals surface area contributed by atoms with Crippen LogP contribution in [0, 0.1) is 17.8 Å². The summed E-state index contributed by atoms with van der Waals surface area (Å²) in [7, 11) is 7.12. The summed E-state index contributed by atoms with van der Waals surface area (Å²) in [5.41, 5.74) is -4.37. The molecule has 0 amide bonds. The Morgan fingerprint density at radius 2 is 1.52 bits per heavy atom. The molecule has 3 fully saturated rings. The fourth-order valence-electron chi connectivity index (χ4n) is 8.74. The molecule has 9 N–H and O–H groups in total. The molecule has 16 nitrogen and oxygen atoms in total. The summed E-state index contributed by atoms with van der Waals surface area (Å²) in [6, 6.07) is -0.808. The zero-order valence-electron chi connectivity index (χ0n) is 35.2. The molecule has 0 aromatic carbocycles. The van der Waals surface area contributed by atoms with Crippen molar-refractivity contribution in [2.45, 2.75) is 185 Å². The van der Waals surface area contributed by atoms with Crippen molar-refractivity contribution >= 4 is 5.97 Å². The van der Waals surface area contributed by atoms with E-state index in [9.17, 15) is 30.3 Å². The summed E-state index contributed by atoms with van der Waals surface area (Å²) in [5, 5.41) is 58.1. The average Bonchev–Trinajstić information content (AvgIpc) is 3.05. The predicted molar refractivity (Wildman–Crippen MR) is 201 cm³/mol.